The summed E-state index contributed by atoms with van der Waals surface area (Å²) < 4.78 is 5.73. The van der Waals surface area contributed by atoms with E-state index < -0.39 is 0 Å². The van der Waals surface area contributed by atoms with Crippen molar-refractivity contribution in [2.24, 2.45) is 0 Å². The number of nitrogens with zero attached hydrogens (tertiary/aromatic N) is 2. The van der Waals surface area contributed by atoms with E-state index in [0.29, 0.717) is 32.7 Å². The maximum atomic E-state index is 12.4. The molecule has 1 N–H and O–H groups in total. The number of benzene rings is 2. The second kappa shape index (κ2) is 9.90. The number of rotatable bonds is 7. The van der Waals surface area contributed by atoms with Crippen LogP contribution in [0.4, 0.5) is 5.69 Å². The van der Waals surface area contributed by atoms with Crippen LogP contribution in [0.3, 0.4) is 0 Å². The van der Waals surface area contributed by atoms with Gasteiger partial charge in [0, 0.05) is 31.9 Å². The number of para-hydroxylation sites is 2. The lowest BCUT2D eigenvalue weighted by atomic mass is 10.1. The first-order chi connectivity index (χ1) is 13.7. The van der Waals surface area contributed by atoms with Gasteiger partial charge in [0.2, 0.25) is 5.91 Å². The Hall–Kier alpha value is -2.86. The molecule has 2 amide bonds. The fraction of sp³-hybridized carbons (Fsp3) is 0.364. The molecule has 1 aliphatic rings. The van der Waals surface area contributed by atoms with Crippen LogP contribution in [0.15, 0.2) is 54.6 Å². The Balaban J connectivity index is 1.40. The number of piperazine rings is 1. The first-order valence-corrected chi connectivity index (χ1v) is 9.71. The Bertz CT molecular complexity index is 787. The lowest BCUT2D eigenvalue weighted by Crippen LogP contribution is -2.51. The van der Waals surface area contributed by atoms with Crippen molar-refractivity contribution >= 4 is 17.5 Å². The van der Waals surface area contributed by atoms with E-state index in [-0.39, 0.29) is 18.4 Å². The fourth-order valence-electron chi connectivity index (χ4n) is 3.25. The van der Waals surface area contributed by atoms with Crippen LogP contribution in [0, 0.1) is 0 Å². The van der Waals surface area contributed by atoms with Crippen LogP contribution in [-0.4, -0.2) is 60.9 Å². The van der Waals surface area contributed by atoms with Gasteiger partial charge in [0.25, 0.3) is 5.91 Å². The molecule has 0 atom stereocenters. The predicted molar refractivity (Wildman–Crippen MR) is 109 cm³/mol. The minimum absolute atomic E-state index is 0.0145. The van der Waals surface area contributed by atoms with Crippen molar-refractivity contribution in [1.29, 1.82) is 0 Å². The van der Waals surface area contributed by atoms with E-state index in [9.17, 15) is 9.59 Å². The quantitative estimate of drug-likeness (QED) is 0.800. The summed E-state index contributed by atoms with van der Waals surface area (Å²) in [6, 6.07) is 17.2. The van der Waals surface area contributed by atoms with Crippen molar-refractivity contribution in [2.45, 2.75) is 13.3 Å². The molecule has 0 bridgehead atoms. The number of anilines is 1. The van der Waals surface area contributed by atoms with E-state index in [0.717, 1.165) is 23.4 Å². The van der Waals surface area contributed by atoms with Crippen molar-refractivity contribution in [3.63, 3.8) is 0 Å². The predicted octanol–water partition coefficient (Wildman–Crippen LogP) is 2.41. The van der Waals surface area contributed by atoms with Gasteiger partial charge in [0.1, 0.15) is 5.75 Å². The molecule has 0 radical (unpaired) electrons. The van der Waals surface area contributed by atoms with Gasteiger partial charge in [0.15, 0.2) is 6.61 Å². The van der Waals surface area contributed by atoms with Crippen molar-refractivity contribution in [3.8, 4) is 5.75 Å². The maximum Gasteiger partial charge on any atom is 0.260 e. The summed E-state index contributed by atoms with van der Waals surface area (Å²) in [4.78, 5) is 28.5. The molecule has 1 aliphatic heterocycles. The molecule has 2 aromatic rings. The van der Waals surface area contributed by atoms with Crippen molar-refractivity contribution in [3.05, 3.63) is 60.2 Å². The Kier molecular flexibility index (Phi) is 7.03. The zero-order valence-corrected chi connectivity index (χ0v) is 16.3. The standard InChI is InChI=1S/C22H27N3O3/c1-2-18-8-6-7-11-20(18)28-17-22(27)25-14-12-24(13-15-25)16-21(26)23-19-9-4-3-5-10-19/h3-11H,2,12-17H2,1H3,(H,23,26). The minimum Gasteiger partial charge on any atom is -0.483 e. The average molecular weight is 381 g/mol. The highest BCUT2D eigenvalue weighted by molar-refractivity contribution is 5.92. The van der Waals surface area contributed by atoms with Crippen LogP contribution in [0.25, 0.3) is 0 Å². The van der Waals surface area contributed by atoms with E-state index in [1.54, 1.807) is 4.90 Å². The molecule has 28 heavy (non-hydrogen) atoms. The normalized spacial score (nSPS) is 14.5. The zero-order valence-electron chi connectivity index (χ0n) is 16.3. The number of carbonyl (C=O) groups is 2. The van der Waals surface area contributed by atoms with Gasteiger partial charge in [-0.15, -0.1) is 0 Å². The highest BCUT2D eigenvalue weighted by Gasteiger charge is 2.22. The molecule has 3 rings (SSSR count). The van der Waals surface area contributed by atoms with E-state index in [4.69, 9.17) is 4.74 Å². The summed E-state index contributed by atoms with van der Waals surface area (Å²) in [6.45, 7) is 5.02. The van der Waals surface area contributed by atoms with Gasteiger partial charge in [-0.3, -0.25) is 14.5 Å². The first-order valence-electron chi connectivity index (χ1n) is 9.71. The van der Waals surface area contributed by atoms with Gasteiger partial charge in [0.05, 0.1) is 6.54 Å². The number of hydrogen-bond acceptors (Lipinski definition) is 4. The van der Waals surface area contributed by atoms with E-state index in [1.807, 2.05) is 54.6 Å². The van der Waals surface area contributed by atoms with Crippen molar-refractivity contribution < 1.29 is 14.3 Å². The van der Waals surface area contributed by atoms with Crippen LogP contribution in [0.2, 0.25) is 0 Å². The molecule has 0 saturated carbocycles. The summed E-state index contributed by atoms with van der Waals surface area (Å²) in [5.41, 5.74) is 1.90. The van der Waals surface area contributed by atoms with Crippen LogP contribution in [0.5, 0.6) is 5.75 Å². The highest BCUT2D eigenvalue weighted by Crippen LogP contribution is 2.18. The molecule has 6 heteroatoms. The van der Waals surface area contributed by atoms with Crippen LogP contribution < -0.4 is 10.1 Å². The lowest BCUT2D eigenvalue weighted by Gasteiger charge is -2.34. The average Bonchev–Trinajstić information content (AvgIpc) is 2.73. The Labute approximate surface area is 166 Å². The molecule has 6 nitrogen and oxygen atoms in total. The third kappa shape index (κ3) is 5.57. The van der Waals surface area contributed by atoms with E-state index >= 15 is 0 Å². The smallest absolute Gasteiger partial charge is 0.260 e. The minimum atomic E-state index is -0.0366. The number of nitrogens with one attached hydrogen (secondary N) is 1. The molecule has 1 fully saturated rings. The van der Waals surface area contributed by atoms with Crippen molar-refractivity contribution in [1.82, 2.24) is 9.80 Å². The molecular weight excluding hydrogens is 354 g/mol. The van der Waals surface area contributed by atoms with Gasteiger partial charge >= 0.3 is 0 Å². The third-order valence-electron chi connectivity index (χ3n) is 4.85. The molecule has 148 valence electrons. The summed E-state index contributed by atoms with van der Waals surface area (Å²) in [6.07, 6.45) is 0.869. The van der Waals surface area contributed by atoms with E-state index in [1.165, 1.54) is 0 Å². The SMILES string of the molecule is CCc1ccccc1OCC(=O)N1CCN(CC(=O)Nc2ccccc2)CC1. The van der Waals surface area contributed by atoms with Gasteiger partial charge in [-0.25, -0.2) is 0 Å². The van der Waals surface area contributed by atoms with Gasteiger partial charge in [-0.1, -0.05) is 43.3 Å². The number of amides is 2. The topological polar surface area (TPSA) is 61.9 Å². The molecule has 0 spiro atoms. The third-order valence-corrected chi connectivity index (χ3v) is 4.85. The lowest BCUT2D eigenvalue weighted by molar-refractivity contribution is -0.135. The summed E-state index contributed by atoms with van der Waals surface area (Å²) >= 11 is 0. The van der Waals surface area contributed by atoms with Crippen molar-refractivity contribution in [2.75, 3.05) is 44.6 Å². The summed E-state index contributed by atoms with van der Waals surface area (Å²) in [5, 5.41) is 2.89. The van der Waals surface area contributed by atoms with Crippen LogP contribution in [0.1, 0.15) is 12.5 Å². The number of carbonyl (C=O) groups excluding carboxylic acids is 2. The number of ether oxygens (including phenoxy) is 1. The second-order valence-electron chi connectivity index (χ2n) is 6.82. The molecule has 0 aliphatic carbocycles. The zero-order chi connectivity index (χ0) is 19.8. The summed E-state index contributed by atoms with van der Waals surface area (Å²) in [5.74, 6) is 0.722. The monoisotopic (exact) mass is 381 g/mol. The maximum absolute atomic E-state index is 12.4. The molecule has 1 heterocycles. The van der Waals surface area contributed by atoms with Crippen LogP contribution >= 0.6 is 0 Å². The number of hydrogen-bond donors (Lipinski definition) is 1. The molecule has 0 unspecified atom stereocenters. The molecular formula is C22H27N3O3. The molecule has 0 aromatic heterocycles. The molecule has 2 aromatic carbocycles. The largest absolute Gasteiger partial charge is 0.483 e. The van der Waals surface area contributed by atoms with Gasteiger partial charge < -0.3 is 15.0 Å². The van der Waals surface area contributed by atoms with E-state index in [2.05, 4.69) is 17.1 Å². The van der Waals surface area contributed by atoms with Gasteiger partial charge in [-0.2, -0.15) is 0 Å². The molecule has 1 saturated heterocycles. The van der Waals surface area contributed by atoms with Crippen LogP contribution in [-0.2, 0) is 16.0 Å². The Morgan fingerprint density at radius 1 is 0.964 bits per heavy atom. The Morgan fingerprint density at radius 2 is 1.64 bits per heavy atom. The van der Waals surface area contributed by atoms with Gasteiger partial charge in [-0.05, 0) is 30.2 Å². The Morgan fingerprint density at radius 3 is 2.36 bits per heavy atom. The number of aryl methyl sites for hydroxylation is 1. The summed E-state index contributed by atoms with van der Waals surface area (Å²) in [7, 11) is 0. The first kappa shape index (κ1) is 19.9. The fourth-order valence-corrected chi connectivity index (χ4v) is 3.25. The second-order valence-corrected chi connectivity index (χ2v) is 6.82. The highest BCUT2D eigenvalue weighted by atomic mass is 16.5.